The first-order valence-corrected chi connectivity index (χ1v) is 15.9. The van der Waals surface area contributed by atoms with Gasteiger partial charge in [-0.2, -0.15) is 4.31 Å². The van der Waals surface area contributed by atoms with Crippen LogP contribution in [0.3, 0.4) is 0 Å². The van der Waals surface area contributed by atoms with Crippen molar-refractivity contribution >= 4 is 27.5 Å². The molecule has 3 fully saturated rings. The summed E-state index contributed by atoms with van der Waals surface area (Å²) < 4.78 is 36.7. The number of rotatable bonds is 10. The Morgan fingerprint density at radius 3 is 2.43 bits per heavy atom. The zero-order valence-electron chi connectivity index (χ0n) is 24.0. The van der Waals surface area contributed by atoms with E-state index in [1.807, 2.05) is 30.3 Å². The van der Waals surface area contributed by atoms with E-state index in [4.69, 9.17) is 14.9 Å². The summed E-state index contributed by atoms with van der Waals surface area (Å²) in [7, 11) is -1.68. The number of ether oxygens (including phenoxy) is 2. The average molecular weight is 596 g/mol. The maximum absolute atomic E-state index is 13.1. The highest BCUT2D eigenvalue weighted by Gasteiger charge is 2.29. The number of carbonyl (C=O) groups is 2. The molecule has 2 heterocycles. The Bertz CT molecular complexity index is 1480. The molecular weight excluding hydrogens is 558 g/mol. The third kappa shape index (κ3) is 6.93. The minimum absolute atomic E-state index is 0.130. The van der Waals surface area contributed by atoms with Crippen LogP contribution in [-0.4, -0.2) is 92.7 Å². The molecule has 2 saturated heterocycles. The average Bonchev–Trinajstić information content (AvgIpc) is 3.84. The number of para-hydroxylation sites is 1. The van der Waals surface area contributed by atoms with Crippen LogP contribution in [0.5, 0.6) is 11.5 Å². The van der Waals surface area contributed by atoms with Crippen LogP contribution in [0.1, 0.15) is 34.3 Å². The van der Waals surface area contributed by atoms with Crippen LogP contribution in [0.2, 0.25) is 0 Å². The van der Waals surface area contributed by atoms with Crippen LogP contribution < -0.4 is 14.8 Å². The van der Waals surface area contributed by atoms with Gasteiger partial charge in [0.25, 0.3) is 11.8 Å². The van der Waals surface area contributed by atoms with Gasteiger partial charge in [-0.05, 0) is 42.7 Å². The highest BCUT2D eigenvalue weighted by Crippen LogP contribution is 2.33. The molecule has 0 spiro atoms. The Hall–Kier alpha value is -3.90. The quantitative estimate of drug-likeness (QED) is 0.318. The normalized spacial score (nSPS) is 19.0. The van der Waals surface area contributed by atoms with E-state index in [0.29, 0.717) is 74.3 Å². The minimum Gasteiger partial charge on any atom is -0.493 e. The number of nitrogens with one attached hydrogen (secondary N) is 2. The number of methoxy groups -OCH3 is 1. The molecule has 11 nitrogen and oxygen atoms in total. The van der Waals surface area contributed by atoms with Gasteiger partial charge in [0.2, 0.25) is 10.0 Å². The van der Waals surface area contributed by atoms with Crippen LogP contribution in [0.25, 0.3) is 0 Å². The second kappa shape index (κ2) is 12.5. The zero-order chi connectivity index (χ0) is 29.9. The zero-order valence-corrected chi connectivity index (χ0v) is 24.8. The fourth-order valence-corrected chi connectivity index (χ4v) is 5.98. The van der Waals surface area contributed by atoms with Crippen molar-refractivity contribution in [1.29, 1.82) is 5.41 Å². The van der Waals surface area contributed by atoms with E-state index in [1.165, 1.54) is 10.6 Å². The lowest BCUT2D eigenvalue weighted by molar-refractivity contribution is -0.129. The van der Waals surface area contributed by atoms with E-state index in [1.54, 1.807) is 35.1 Å². The summed E-state index contributed by atoms with van der Waals surface area (Å²) in [6.07, 6.45) is 4.88. The molecule has 2 aliphatic heterocycles. The van der Waals surface area contributed by atoms with Crippen molar-refractivity contribution in [2.24, 2.45) is 5.92 Å². The van der Waals surface area contributed by atoms with E-state index in [-0.39, 0.29) is 24.3 Å². The molecule has 0 unspecified atom stereocenters. The van der Waals surface area contributed by atoms with Crippen molar-refractivity contribution in [3.63, 3.8) is 0 Å². The molecule has 12 heteroatoms. The van der Waals surface area contributed by atoms with Crippen LogP contribution in [0, 0.1) is 11.3 Å². The molecule has 2 N–H and O–H groups in total. The molecule has 0 atom stereocenters. The molecule has 0 radical (unpaired) electrons. The van der Waals surface area contributed by atoms with Crippen LogP contribution in [0.4, 0.5) is 0 Å². The molecule has 2 aromatic rings. The van der Waals surface area contributed by atoms with Gasteiger partial charge in [-0.25, -0.2) is 8.42 Å². The standard InChI is InChI=1S/C30H37N5O6S/c1-40-28-24(19-34-13-12-32-26(30(34)37)18-25(31)22-10-11-22)4-3-5-27(28)41-20-21-6-8-23(9-7-21)29(36)33-14-16-35(17-15-33)42(2,38)39/h3-9,18,22,31-32H,10-17,19-20H2,1-2H3/b26-18-,31-25?. The topological polar surface area (TPSA) is 132 Å². The predicted molar refractivity (Wildman–Crippen MR) is 158 cm³/mol. The summed E-state index contributed by atoms with van der Waals surface area (Å²) in [6.45, 7) is 3.06. The molecular formula is C30H37N5O6S. The molecule has 1 aliphatic carbocycles. The summed E-state index contributed by atoms with van der Waals surface area (Å²) in [6, 6.07) is 12.8. The van der Waals surface area contributed by atoms with Gasteiger partial charge in [0, 0.05) is 68.6 Å². The number of hydrogen-bond donors (Lipinski definition) is 2. The van der Waals surface area contributed by atoms with Gasteiger partial charge in [-0.3, -0.25) is 9.59 Å². The van der Waals surface area contributed by atoms with E-state index in [2.05, 4.69) is 5.32 Å². The number of amides is 2. The molecule has 2 aromatic carbocycles. The second-order valence-corrected chi connectivity index (χ2v) is 12.8. The summed E-state index contributed by atoms with van der Waals surface area (Å²) in [5.41, 5.74) is 3.19. The second-order valence-electron chi connectivity index (χ2n) is 10.8. The van der Waals surface area contributed by atoms with Gasteiger partial charge in [0.1, 0.15) is 12.3 Å². The number of carbonyl (C=O) groups excluding carboxylic acids is 2. The number of nitrogens with zero attached hydrogens (tertiary/aromatic N) is 3. The monoisotopic (exact) mass is 595 g/mol. The first kappa shape index (κ1) is 29.6. The van der Waals surface area contributed by atoms with Gasteiger partial charge < -0.3 is 30.0 Å². The van der Waals surface area contributed by atoms with Gasteiger partial charge in [-0.15, -0.1) is 0 Å². The Kier molecular flexibility index (Phi) is 8.83. The van der Waals surface area contributed by atoms with Crippen LogP contribution in [0.15, 0.2) is 54.2 Å². The summed E-state index contributed by atoms with van der Waals surface area (Å²) >= 11 is 0. The lowest BCUT2D eigenvalue weighted by atomic mass is 10.1. The van der Waals surface area contributed by atoms with E-state index >= 15 is 0 Å². The maximum Gasteiger partial charge on any atom is 0.270 e. The van der Waals surface area contributed by atoms with Crippen molar-refractivity contribution in [3.8, 4) is 11.5 Å². The van der Waals surface area contributed by atoms with E-state index in [0.717, 1.165) is 24.0 Å². The molecule has 42 heavy (non-hydrogen) atoms. The van der Waals surface area contributed by atoms with Crippen LogP contribution in [-0.2, 0) is 28.0 Å². The largest absolute Gasteiger partial charge is 0.493 e. The SMILES string of the molecule is COc1c(CN2CCN/C(=C\C(=N)C3CC3)C2=O)cccc1OCc1ccc(C(=O)N2CCN(S(C)(=O)=O)CC2)cc1. The predicted octanol–water partition coefficient (Wildman–Crippen LogP) is 2.24. The lowest BCUT2D eigenvalue weighted by Crippen LogP contribution is -2.50. The molecule has 0 bridgehead atoms. The van der Waals surface area contributed by atoms with E-state index < -0.39 is 10.0 Å². The number of sulfonamides is 1. The number of allylic oxidation sites excluding steroid dienone is 1. The van der Waals surface area contributed by atoms with E-state index in [9.17, 15) is 18.0 Å². The lowest BCUT2D eigenvalue weighted by Gasteiger charge is -2.33. The number of hydrogen-bond acceptors (Lipinski definition) is 8. The summed E-state index contributed by atoms with van der Waals surface area (Å²) in [5, 5.41) is 11.3. The molecule has 0 aromatic heterocycles. The van der Waals surface area contributed by atoms with Gasteiger partial charge in [0.05, 0.1) is 13.4 Å². The third-order valence-corrected chi connectivity index (χ3v) is 9.05. The molecule has 1 saturated carbocycles. The fraction of sp³-hybridized carbons (Fsp3) is 0.433. The van der Waals surface area contributed by atoms with Gasteiger partial charge in [0.15, 0.2) is 11.5 Å². The summed E-state index contributed by atoms with van der Waals surface area (Å²) in [5.74, 6) is 1.12. The van der Waals surface area contributed by atoms with Crippen molar-refractivity contribution in [3.05, 3.63) is 70.9 Å². The number of benzene rings is 2. The van der Waals surface area contributed by atoms with Crippen LogP contribution >= 0.6 is 0 Å². The molecule has 224 valence electrons. The smallest absolute Gasteiger partial charge is 0.270 e. The van der Waals surface area contributed by atoms with Crippen molar-refractivity contribution in [1.82, 2.24) is 19.4 Å². The third-order valence-electron chi connectivity index (χ3n) is 7.75. The van der Waals surface area contributed by atoms with Gasteiger partial charge in [-0.1, -0.05) is 24.3 Å². The molecule has 2 amide bonds. The Morgan fingerprint density at radius 2 is 1.79 bits per heavy atom. The van der Waals surface area contributed by atoms with Gasteiger partial charge >= 0.3 is 0 Å². The van der Waals surface area contributed by atoms with Crippen molar-refractivity contribution in [2.45, 2.75) is 26.0 Å². The Labute approximate surface area is 246 Å². The highest BCUT2D eigenvalue weighted by atomic mass is 32.2. The first-order chi connectivity index (χ1) is 20.1. The first-order valence-electron chi connectivity index (χ1n) is 14.1. The minimum atomic E-state index is -3.26. The summed E-state index contributed by atoms with van der Waals surface area (Å²) in [4.78, 5) is 29.5. The molecule has 3 aliphatic rings. The fourth-order valence-electron chi connectivity index (χ4n) is 5.15. The highest BCUT2D eigenvalue weighted by molar-refractivity contribution is 7.88. The van der Waals surface area contributed by atoms with Crippen molar-refractivity contribution < 1.29 is 27.5 Å². The maximum atomic E-state index is 13.1. The van der Waals surface area contributed by atoms with Crippen molar-refractivity contribution in [2.75, 3.05) is 52.6 Å². The number of piperazine rings is 2. The Morgan fingerprint density at radius 1 is 1.07 bits per heavy atom. The Balaban J connectivity index is 1.19. The molecule has 5 rings (SSSR count).